The molecule has 1 rings (SSSR count). The summed E-state index contributed by atoms with van der Waals surface area (Å²) >= 11 is 0. The van der Waals surface area contributed by atoms with Crippen molar-refractivity contribution >= 4 is 9.84 Å². The van der Waals surface area contributed by atoms with Gasteiger partial charge in [-0.15, -0.1) is 0 Å². The lowest BCUT2D eigenvalue weighted by molar-refractivity contribution is 0.598. The molecule has 3 nitrogen and oxygen atoms in total. The molecule has 0 saturated carbocycles. The fourth-order valence-corrected chi connectivity index (χ4v) is 2.67. The van der Waals surface area contributed by atoms with Gasteiger partial charge in [-0.25, -0.2) is 8.42 Å². The lowest BCUT2D eigenvalue weighted by atomic mass is 10.0. The van der Waals surface area contributed by atoms with Gasteiger partial charge in [-0.2, -0.15) is 5.26 Å². The van der Waals surface area contributed by atoms with Crippen molar-refractivity contribution < 1.29 is 8.42 Å². The molecule has 0 aliphatic rings. The topological polar surface area (TPSA) is 57.9 Å². The monoisotopic (exact) mass is 237 g/mol. The second-order valence-corrected chi connectivity index (χ2v) is 6.05. The predicted octanol–water partition coefficient (Wildman–Crippen LogP) is 2.42. The number of rotatable bonds is 3. The van der Waals surface area contributed by atoms with Gasteiger partial charge in [0.2, 0.25) is 0 Å². The maximum Gasteiger partial charge on any atom is 0.191 e. The minimum atomic E-state index is -3.46. The maximum absolute atomic E-state index is 11.8. The number of hydrogen-bond donors (Lipinski definition) is 0. The Labute approximate surface area is 96.6 Å². The van der Waals surface area contributed by atoms with Crippen LogP contribution < -0.4 is 0 Å². The van der Waals surface area contributed by atoms with E-state index in [9.17, 15) is 8.42 Å². The van der Waals surface area contributed by atoms with Crippen molar-refractivity contribution in [1.82, 2.24) is 0 Å². The van der Waals surface area contributed by atoms with E-state index in [4.69, 9.17) is 5.26 Å². The Hall–Kier alpha value is -1.34. The molecule has 0 fully saturated rings. The molecule has 0 atom stereocenters. The first-order valence-electron chi connectivity index (χ1n) is 5.08. The zero-order valence-electron chi connectivity index (χ0n) is 9.69. The van der Waals surface area contributed by atoms with E-state index in [1.54, 1.807) is 25.1 Å². The van der Waals surface area contributed by atoms with Gasteiger partial charge in [0.15, 0.2) is 9.84 Å². The molecular weight excluding hydrogens is 222 g/mol. The van der Waals surface area contributed by atoms with Crippen LogP contribution in [0.5, 0.6) is 0 Å². The Morgan fingerprint density at radius 2 is 2.00 bits per heavy atom. The summed E-state index contributed by atoms with van der Waals surface area (Å²) in [6, 6.07) is 7.08. The fourth-order valence-electron chi connectivity index (χ4n) is 1.47. The van der Waals surface area contributed by atoms with Crippen molar-refractivity contribution in [1.29, 1.82) is 5.26 Å². The molecule has 0 bridgehead atoms. The predicted molar refractivity (Wildman–Crippen MR) is 62.9 cm³/mol. The molecule has 0 aromatic heterocycles. The van der Waals surface area contributed by atoms with Crippen LogP contribution in [0.1, 0.15) is 30.9 Å². The molecule has 0 N–H and O–H groups in total. The number of hydrogen-bond acceptors (Lipinski definition) is 3. The van der Waals surface area contributed by atoms with E-state index < -0.39 is 15.6 Å². The third kappa shape index (κ3) is 2.61. The number of nitrogens with zero attached hydrogens (tertiary/aromatic N) is 1. The van der Waals surface area contributed by atoms with Crippen molar-refractivity contribution in [2.24, 2.45) is 0 Å². The average molecular weight is 237 g/mol. The Morgan fingerprint density at radius 3 is 2.50 bits per heavy atom. The van der Waals surface area contributed by atoms with Gasteiger partial charge in [-0.1, -0.05) is 26.0 Å². The summed E-state index contributed by atoms with van der Waals surface area (Å²) in [6.07, 6.45) is 0. The smallest absolute Gasteiger partial charge is 0.191 e. The van der Waals surface area contributed by atoms with Gasteiger partial charge >= 0.3 is 0 Å². The Bertz CT molecular complexity index is 524. The Kier molecular flexibility index (Phi) is 3.71. The minimum Gasteiger partial charge on any atom is -0.223 e. The summed E-state index contributed by atoms with van der Waals surface area (Å²) in [5.41, 5.74) is 1.67. The molecule has 0 aliphatic heterocycles. The lowest BCUT2D eigenvalue weighted by Gasteiger charge is -2.10. The fraction of sp³-hybridized carbons (Fsp3) is 0.417. The van der Waals surface area contributed by atoms with Crippen molar-refractivity contribution in [3.8, 4) is 6.07 Å². The summed E-state index contributed by atoms with van der Waals surface area (Å²) in [4.78, 5) is 0.278. The Balaban J connectivity index is 3.34. The van der Waals surface area contributed by atoms with E-state index in [2.05, 4.69) is 0 Å². The molecule has 0 radical (unpaired) electrons. The molecule has 0 unspecified atom stereocenters. The molecule has 0 spiro atoms. The zero-order chi connectivity index (χ0) is 12.3. The van der Waals surface area contributed by atoms with E-state index in [1.165, 1.54) is 0 Å². The standard InChI is InChI=1S/C12H15NO2S/c1-9(2)11-5-4-10(3)12(8-11)16(14,15)7-6-13/h4-5,8-9H,7H2,1-3H3. The van der Waals surface area contributed by atoms with E-state index in [1.807, 2.05) is 19.9 Å². The van der Waals surface area contributed by atoms with Crippen LogP contribution in [0.2, 0.25) is 0 Å². The molecule has 0 heterocycles. The molecule has 1 aromatic rings. The van der Waals surface area contributed by atoms with Gasteiger partial charge in [0.05, 0.1) is 11.0 Å². The molecule has 0 aliphatic carbocycles. The summed E-state index contributed by atoms with van der Waals surface area (Å²) in [7, 11) is -3.46. The summed E-state index contributed by atoms with van der Waals surface area (Å²) in [5.74, 6) is -0.188. The largest absolute Gasteiger partial charge is 0.223 e. The van der Waals surface area contributed by atoms with Crippen LogP contribution in [0.3, 0.4) is 0 Å². The van der Waals surface area contributed by atoms with Gasteiger partial charge in [-0.3, -0.25) is 0 Å². The van der Waals surface area contributed by atoms with Crippen LogP contribution in [0, 0.1) is 18.3 Å². The molecule has 16 heavy (non-hydrogen) atoms. The number of benzene rings is 1. The van der Waals surface area contributed by atoms with Crippen LogP contribution in [0.25, 0.3) is 0 Å². The van der Waals surface area contributed by atoms with E-state index in [0.717, 1.165) is 5.56 Å². The number of sulfone groups is 1. The second kappa shape index (κ2) is 4.67. The van der Waals surface area contributed by atoms with Gasteiger partial charge in [0, 0.05) is 0 Å². The third-order valence-electron chi connectivity index (χ3n) is 2.47. The van der Waals surface area contributed by atoms with Gasteiger partial charge < -0.3 is 0 Å². The highest BCUT2D eigenvalue weighted by Crippen LogP contribution is 2.22. The van der Waals surface area contributed by atoms with E-state index in [0.29, 0.717) is 5.56 Å². The summed E-state index contributed by atoms with van der Waals surface area (Å²) in [6.45, 7) is 5.76. The summed E-state index contributed by atoms with van der Waals surface area (Å²) < 4.78 is 23.6. The molecule has 0 saturated heterocycles. The summed E-state index contributed by atoms with van der Waals surface area (Å²) in [5, 5.41) is 8.50. The van der Waals surface area contributed by atoms with Crippen LogP contribution in [-0.4, -0.2) is 14.2 Å². The van der Waals surface area contributed by atoms with E-state index >= 15 is 0 Å². The van der Waals surface area contributed by atoms with Crippen molar-refractivity contribution in [3.63, 3.8) is 0 Å². The van der Waals surface area contributed by atoms with Gasteiger partial charge in [0.25, 0.3) is 0 Å². The van der Waals surface area contributed by atoms with Crippen LogP contribution in [-0.2, 0) is 9.84 Å². The minimum absolute atomic E-state index is 0.275. The first-order chi connectivity index (χ1) is 7.38. The first-order valence-corrected chi connectivity index (χ1v) is 6.74. The normalized spacial score (nSPS) is 11.4. The SMILES string of the molecule is Cc1ccc(C(C)C)cc1S(=O)(=O)CC#N. The van der Waals surface area contributed by atoms with E-state index in [-0.39, 0.29) is 10.8 Å². The number of nitriles is 1. The molecule has 86 valence electrons. The molecule has 0 amide bonds. The molecule has 4 heteroatoms. The highest BCUT2D eigenvalue weighted by molar-refractivity contribution is 7.91. The van der Waals surface area contributed by atoms with Crippen molar-refractivity contribution in [3.05, 3.63) is 29.3 Å². The van der Waals surface area contributed by atoms with Crippen LogP contribution in [0.4, 0.5) is 0 Å². The van der Waals surface area contributed by atoms with Crippen molar-refractivity contribution in [2.45, 2.75) is 31.6 Å². The van der Waals surface area contributed by atoms with Gasteiger partial charge in [0.1, 0.15) is 5.75 Å². The van der Waals surface area contributed by atoms with Crippen molar-refractivity contribution in [2.75, 3.05) is 5.75 Å². The first kappa shape index (κ1) is 12.7. The van der Waals surface area contributed by atoms with Gasteiger partial charge in [-0.05, 0) is 30.0 Å². The highest BCUT2D eigenvalue weighted by Gasteiger charge is 2.17. The highest BCUT2D eigenvalue weighted by atomic mass is 32.2. The Morgan fingerprint density at radius 1 is 1.38 bits per heavy atom. The maximum atomic E-state index is 11.8. The average Bonchev–Trinajstić information content (AvgIpc) is 2.17. The second-order valence-electron chi connectivity index (χ2n) is 4.10. The quantitative estimate of drug-likeness (QED) is 0.811. The molecular formula is C12H15NO2S. The lowest BCUT2D eigenvalue weighted by Crippen LogP contribution is -2.07. The zero-order valence-corrected chi connectivity index (χ0v) is 10.5. The number of aryl methyl sites for hydroxylation is 1. The molecule has 1 aromatic carbocycles. The van der Waals surface area contributed by atoms with Crippen LogP contribution >= 0.6 is 0 Å². The third-order valence-corrected chi connectivity index (χ3v) is 4.09. The van der Waals surface area contributed by atoms with Crippen LogP contribution in [0.15, 0.2) is 23.1 Å².